The first-order chi connectivity index (χ1) is 19.3. The Morgan fingerprint density at radius 3 is 2.58 bits per heavy atom. The summed E-state index contributed by atoms with van der Waals surface area (Å²) in [6.07, 6.45) is 0. The number of carbonyl (C=O) groups excluding carboxylic acids is 2. The Morgan fingerprint density at radius 1 is 1.05 bits per heavy atom. The van der Waals surface area contributed by atoms with E-state index < -0.39 is 23.5 Å². The minimum Gasteiger partial charge on any atom is -0.503 e. The number of furan rings is 1. The van der Waals surface area contributed by atoms with Crippen LogP contribution < -0.4 is 4.90 Å². The average Bonchev–Trinajstić information content (AvgIpc) is 3.66. The number of halogens is 2. The van der Waals surface area contributed by atoms with E-state index in [2.05, 4.69) is 10.2 Å². The number of aromatic nitrogens is 2. The highest BCUT2D eigenvalue weighted by molar-refractivity contribution is 8.00. The summed E-state index contributed by atoms with van der Waals surface area (Å²) in [5.41, 5.74) is 3.13. The molecule has 1 unspecified atom stereocenters. The van der Waals surface area contributed by atoms with Gasteiger partial charge >= 0.3 is 0 Å². The molecule has 40 heavy (non-hydrogen) atoms. The Balaban J connectivity index is 1.37. The zero-order valence-corrected chi connectivity index (χ0v) is 23.9. The highest BCUT2D eigenvalue weighted by atomic mass is 35.5. The third-order valence-corrected chi connectivity index (χ3v) is 9.31. The van der Waals surface area contributed by atoms with Gasteiger partial charge < -0.3 is 9.52 Å². The van der Waals surface area contributed by atoms with Crippen molar-refractivity contribution in [1.82, 2.24) is 10.2 Å². The fraction of sp³-hybridized carbons (Fsp3) is 0.103. The summed E-state index contributed by atoms with van der Waals surface area (Å²) in [7, 11) is 0. The van der Waals surface area contributed by atoms with Crippen LogP contribution >= 0.6 is 46.3 Å². The summed E-state index contributed by atoms with van der Waals surface area (Å²) in [5.74, 6) is -1.43. The summed E-state index contributed by atoms with van der Waals surface area (Å²) in [5, 5.41) is 21.0. The van der Waals surface area contributed by atoms with Gasteiger partial charge in [0.15, 0.2) is 15.9 Å². The van der Waals surface area contributed by atoms with Gasteiger partial charge in [0.1, 0.15) is 5.58 Å². The fourth-order valence-electron chi connectivity index (χ4n) is 4.45. The first-order valence-electron chi connectivity index (χ1n) is 12.1. The van der Waals surface area contributed by atoms with Crippen molar-refractivity contribution in [2.75, 3.05) is 4.90 Å². The molecule has 7 nitrogen and oxygen atoms in total. The van der Waals surface area contributed by atoms with Crippen molar-refractivity contribution in [2.24, 2.45) is 0 Å². The normalized spacial score (nSPS) is 15.4. The summed E-state index contributed by atoms with van der Waals surface area (Å²) in [6.45, 7) is 2.03. The van der Waals surface area contributed by atoms with E-state index in [1.807, 2.05) is 43.3 Å². The van der Waals surface area contributed by atoms with Crippen LogP contribution in [0.25, 0.3) is 11.0 Å². The monoisotopic (exact) mass is 607 g/mol. The minimum absolute atomic E-state index is 0.00549. The van der Waals surface area contributed by atoms with E-state index in [1.54, 1.807) is 36.4 Å². The van der Waals surface area contributed by atoms with Crippen molar-refractivity contribution in [3.05, 3.63) is 117 Å². The minimum atomic E-state index is -1.04. The largest absolute Gasteiger partial charge is 0.503 e. The number of fused-ring (bicyclic) bond motifs is 1. The number of thioether (sulfide) groups is 1. The third kappa shape index (κ3) is 4.90. The lowest BCUT2D eigenvalue weighted by Gasteiger charge is -2.24. The molecule has 1 atom stereocenters. The summed E-state index contributed by atoms with van der Waals surface area (Å²) >= 11 is 15.2. The van der Waals surface area contributed by atoms with Crippen LogP contribution in [-0.2, 0) is 10.5 Å². The van der Waals surface area contributed by atoms with Gasteiger partial charge in [-0.15, -0.1) is 10.2 Å². The van der Waals surface area contributed by atoms with Crippen LogP contribution in [0.5, 0.6) is 0 Å². The number of aryl methyl sites for hydroxylation is 1. The molecule has 11 heteroatoms. The zero-order valence-electron chi connectivity index (χ0n) is 20.8. The van der Waals surface area contributed by atoms with Crippen LogP contribution in [0.2, 0.25) is 10.0 Å². The first-order valence-corrected chi connectivity index (χ1v) is 14.6. The second-order valence-electron chi connectivity index (χ2n) is 9.12. The zero-order chi connectivity index (χ0) is 28.0. The molecule has 1 N–H and O–H groups in total. The molecule has 0 fully saturated rings. The molecule has 200 valence electrons. The quantitative estimate of drug-likeness (QED) is 0.114. The maximum Gasteiger partial charge on any atom is 0.296 e. The van der Waals surface area contributed by atoms with Gasteiger partial charge in [-0.2, -0.15) is 0 Å². The van der Waals surface area contributed by atoms with Crippen molar-refractivity contribution in [3.8, 4) is 0 Å². The van der Waals surface area contributed by atoms with Crippen molar-refractivity contribution < 1.29 is 19.1 Å². The maximum absolute atomic E-state index is 13.8. The van der Waals surface area contributed by atoms with Gasteiger partial charge in [0.2, 0.25) is 10.9 Å². The molecule has 0 bridgehead atoms. The Kier molecular flexibility index (Phi) is 7.14. The number of hydrogen-bond acceptors (Lipinski definition) is 8. The second kappa shape index (κ2) is 10.7. The fourth-order valence-corrected chi connectivity index (χ4v) is 6.58. The number of rotatable bonds is 7. The van der Waals surface area contributed by atoms with Gasteiger partial charge in [0.05, 0.1) is 21.7 Å². The molecule has 6 rings (SSSR count). The lowest BCUT2D eigenvalue weighted by Crippen LogP contribution is -2.31. The standard InChI is InChI=1S/C29H19Cl2N3O4S2/c1-15-6-8-16(9-7-15)14-39-29-33-32-28(40-29)34-24(18-10-11-19(30)20(31)12-18)23(26(36)27(34)37)25(35)22-13-17-4-2-3-5-21(17)38-22/h2-13,24,36H,14H2,1H3. The lowest BCUT2D eigenvalue weighted by molar-refractivity contribution is -0.117. The van der Waals surface area contributed by atoms with Crippen molar-refractivity contribution in [3.63, 3.8) is 0 Å². The number of hydrogen-bond donors (Lipinski definition) is 1. The van der Waals surface area contributed by atoms with Gasteiger partial charge in [-0.05, 0) is 42.3 Å². The molecule has 3 aromatic carbocycles. The maximum atomic E-state index is 13.8. The molecule has 0 saturated carbocycles. The number of aliphatic hydroxyl groups is 1. The van der Waals surface area contributed by atoms with E-state index in [0.29, 0.717) is 26.3 Å². The van der Waals surface area contributed by atoms with E-state index in [0.717, 1.165) is 10.9 Å². The Labute approximate surface area is 247 Å². The smallest absolute Gasteiger partial charge is 0.296 e. The van der Waals surface area contributed by atoms with Gasteiger partial charge in [-0.3, -0.25) is 14.5 Å². The van der Waals surface area contributed by atoms with Crippen LogP contribution in [0.4, 0.5) is 5.13 Å². The molecule has 0 radical (unpaired) electrons. The van der Waals surface area contributed by atoms with Crippen LogP contribution in [0.3, 0.4) is 0 Å². The number of aliphatic hydroxyl groups excluding tert-OH is 1. The van der Waals surface area contributed by atoms with E-state index in [-0.39, 0.29) is 21.5 Å². The molecular weight excluding hydrogens is 589 g/mol. The predicted molar refractivity (Wildman–Crippen MR) is 158 cm³/mol. The van der Waals surface area contributed by atoms with Crippen LogP contribution in [0, 0.1) is 6.92 Å². The van der Waals surface area contributed by atoms with Gasteiger partial charge in [0, 0.05) is 11.1 Å². The topological polar surface area (TPSA) is 96.5 Å². The van der Waals surface area contributed by atoms with Gasteiger partial charge in [-0.1, -0.05) is 100 Å². The summed E-state index contributed by atoms with van der Waals surface area (Å²) in [6, 6.07) is 20.7. The van der Waals surface area contributed by atoms with Crippen LogP contribution in [-0.4, -0.2) is 27.0 Å². The first kappa shape index (κ1) is 26.6. The molecule has 0 spiro atoms. The highest BCUT2D eigenvalue weighted by Crippen LogP contribution is 2.45. The Hall–Kier alpha value is -3.63. The van der Waals surface area contributed by atoms with E-state index in [1.165, 1.54) is 33.6 Å². The highest BCUT2D eigenvalue weighted by Gasteiger charge is 2.47. The van der Waals surface area contributed by atoms with Crippen LogP contribution in [0.1, 0.15) is 33.3 Å². The number of ketones is 1. The number of nitrogens with zero attached hydrogens (tertiary/aromatic N) is 3. The van der Waals surface area contributed by atoms with Gasteiger partial charge in [0.25, 0.3) is 5.91 Å². The van der Waals surface area contributed by atoms with Crippen LogP contribution in [0.15, 0.2) is 92.9 Å². The second-order valence-corrected chi connectivity index (χ2v) is 12.1. The van der Waals surface area contributed by atoms with E-state index in [9.17, 15) is 14.7 Å². The average molecular weight is 609 g/mol. The number of para-hydroxylation sites is 1. The van der Waals surface area contributed by atoms with Gasteiger partial charge in [-0.25, -0.2) is 0 Å². The molecular formula is C29H19Cl2N3O4S2. The Morgan fingerprint density at radius 2 is 1.82 bits per heavy atom. The molecule has 0 aliphatic carbocycles. The van der Waals surface area contributed by atoms with E-state index >= 15 is 0 Å². The third-order valence-electron chi connectivity index (χ3n) is 6.45. The number of Topliss-reactive ketones (excluding diaryl/α,β-unsaturated/α-hetero) is 1. The van der Waals surface area contributed by atoms with Crippen molar-refractivity contribution in [1.29, 1.82) is 0 Å². The summed E-state index contributed by atoms with van der Waals surface area (Å²) in [4.78, 5) is 28.5. The molecule has 1 aliphatic heterocycles. The van der Waals surface area contributed by atoms with Crippen molar-refractivity contribution >= 4 is 74.1 Å². The van der Waals surface area contributed by atoms with Crippen molar-refractivity contribution in [2.45, 2.75) is 23.1 Å². The Bertz CT molecular complexity index is 1780. The molecule has 5 aromatic rings. The lowest BCUT2D eigenvalue weighted by atomic mass is 9.95. The molecule has 1 aliphatic rings. The van der Waals surface area contributed by atoms with E-state index in [4.69, 9.17) is 27.6 Å². The number of benzene rings is 3. The SMILES string of the molecule is Cc1ccc(CSc2nnc(N3C(=O)C(O)=C(C(=O)c4cc5ccccc5o4)C3c3ccc(Cl)c(Cl)c3)s2)cc1. The molecule has 0 saturated heterocycles. The summed E-state index contributed by atoms with van der Waals surface area (Å²) < 4.78 is 6.41. The number of anilines is 1. The molecule has 2 aromatic heterocycles. The predicted octanol–water partition coefficient (Wildman–Crippen LogP) is 7.97. The molecule has 1 amide bonds. The number of carbonyl (C=O) groups is 2. The number of amides is 1. The molecule has 3 heterocycles.